The van der Waals surface area contributed by atoms with Gasteiger partial charge in [0.05, 0.1) is 36.8 Å². The average Bonchev–Trinajstić information content (AvgIpc) is 3.37. The number of hydrogen-bond acceptors (Lipinski definition) is 13. The fourth-order valence-electron chi connectivity index (χ4n) is 8.53. The first kappa shape index (κ1) is 41.5. The molecule has 14 atom stereocenters. The number of alkyl carbamates (subject to hydrolysis) is 2. The Morgan fingerprint density at radius 3 is 2.31 bits per heavy atom. The van der Waals surface area contributed by atoms with Crippen LogP contribution in [-0.4, -0.2) is 122 Å². The largest absolute Gasteiger partial charge is 0.458 e. The third-order valence-corrected chi connectivity index (χ3v) is 11.2. The molecule has 52 heavy (non-hydrogen) atoms. The molecule has 15 heteroatoms. The molecular weight excluding hydrogens is 678 g/mol. The quantitative estimate of drug-likeness (QED) is 0.238. The summed E-state index contributed by atoms with van der Waals surface area (Å²) in [6.07, 6.45) is -5.95. The topological polar surface area (TPSA) is 177 Å². The van der Waals surface area contributed by atoms with Crippen molar-refractivity contribution in [2.24, 2.45) is 23.7 Å². The summed E-state index contributed by atoms with van der Waals surface area (Å²) in [4.78, 5) is 69.2. The van der Waals surface area contributed by atoms with Crippen LogP contribution in [0.5, 0.6) is 0 Å². The predicted molar refractivity (Wildman–Crippen MR) is 187 cm³/mol. The molecule has 2 bridgehead atoms. The number of Topliss-reactive ketones (excluding diaryl/α,β-unsaturated/α-hetero) is 1. The lowest BCUT2D eigenvalue weighted by atomic mass is 9.73. The zero-order valence-corrected chi connectivity index (χ0v) is 32.5. The molecule has 2 amide bonds. The lowest BCUT2D eigenvalue weighted by Gasteiger charge is -2.48. The van der Waals surface area contributed by atoms with Crippen LogP contribution in [0.2, 0.25) is 0 Å². The lowest BCUT2D eigenvalue weighted by Crippen LogP contribution is -2.61. The number of ether oxygens (including phenoxy) is 7. The van der Waals surface area contributed by atoms with Gasteiger partial charge in [-0.25, -0.2) is 9.59 Å². The van der Waals surface area contributed by atoms with E-state index in [0.29, 0.717) is 18.4 Å². The highest BCUT2D eigenvalue weighted by Gasteiger charge is 2.58. The fourth-order valence-corrected chi connectivity index (χ4v) is 8.53. The summed E-state index contributed by atoms with van der Waals surface area (Å²) >= 11 is 0. The van der Waals surface area contributed by atoms with E-state index in [1.807, 2.05) is 39.8 Å². The number of amides is 2. The van der Waals surface area contributed by atoms with Crippen LogP contribution in [0.1, 0.15) is 81.6 Å². The molecule has 4 aliphatic rings. The molecular formula is C37H59N3O12. The molecule has 0 aromatic carbocycles. The molecule has 0 spiro atoms. The minimum atomic E-state index is -1.57. The summed E-state index contributed by atoms with van der Waals surface area (Å²) < 4.78 is 43.8. The second-order valence-corrected chi connectivity index (χ2v) is 15.8. The van der Waals surface area contributed by atoms with Crippen molar-refractivity contribution in [2.75, 3.05) is 27.2 Å². The minimum absolute atomic E-state index is 0.0169. The van der Waals surface area contributed by atoms with E-state index in [4.69, 9.17) is 33.2 Å². The Labute approximate surface area is 307 Å². The van der Waals surface area contributed by atoms with Crippen molar-refractivity contribution in [1.82, 2.24) is 15.5 Å². The first-order valence-corrected chi connectivity index (χ1v) is 18.4. The minimum Gasteiger partial charge on any atom is -0.458 e. The normalized spacial score (nSPS) is 42.4. The van der Waals surface area contributed by atoms with E-state index in [2.05, 4.69) is 17.2 Å². The number of rotatable bonds is 5. The summed E-state index contributed by atoms with van der Waals surface area (Å²) in [5.74, 6) is -4.61. The maximum absolute atomic E-state index is 14.4. The molecule has 0 unspecified atom stereocenters. The van der Waals surface area contributed by atoms with E-state index in [0.717, 1.165) is 0 Å². The molecule has 4 heterocycles. The molecule has 4 rings (SSSR count). The molecule has 15 nitrogen and oxygen atoms in total. The van der Waals surface area contributed by atoms with Crippen molar-refractivity contribution in [3.63, 3.8) is 0 Å². The predicted octanol–water partition coefficient (Wildman–Crippen LogP) is 3.51. The summed E-state index contributed by atoms with van der Waals surface area (Å²) in [6, 6.07) is -1.13. The summed E-state index contributed by atoms with van der Waals surface area (Å²) in [6.45, 7) is 19.3. The zero-order chi connectivity index (χ0) is 38.9. The maximum atomic E-state index is 14.4. The number of nitrogens with one attached hydrogen (secondary N) is 2. The van der Waals surface area contributed by atoms with Crippen LogP contribution in [0.4, 0.5) is 9.59 Å². The standard InChI is InChI=1S/C37H59N3O12/c1-13-26-37(10)30(39-35(45)52-37)21(5)27(42)19(3)15-36(9)31(50-33-29(48-24(8)41)25(40(11)12)14-20(4)47-33)22(6)28(23(7)32(43)49-26)46-17-18(2)16-38-34(44)51-36/h19-23,25-26,28-31,33H,2,13-17H2,1,3-12H3,(H,38,44)(H,39,45)/t19-,20-,21+,22+,23-,25+,26-,28+,29-,30-,31-,33+,36-,37-/m1/s1. The van der Waals surface area contributed by atoms with Crippen molar-refractivity contribution >= 4 is 29.9 Å². The molecule has 2 N–H and O–H groups in total. The molecule has 0 aromatic rings. The maximum Gasteiger partial charge on any atom is 0.408 e. The van der Waals surface area contributed by atoms with Gasteiger partial charge < -0.3 is 48.7 Å². The van der Waals surface area contributed by atoms with Gasteiger partial charge in [-0.2, -0.15) is 0 Å². The van der Waals surface area contributed by atoms with Gasteiger partial charge in [-0.3, -0.25) is 14.4 Å². The summed E-state index contributed by atoms with van der Waals surface area (Å²) in [5, 5.41) is 5.51. The summed E-state index contributed by atoms with van der Waals surface area (Å²) in [7, 11) is 3.75. The van der Waals surface area contributed by atoms with Crippen molar-refractivity contribution < 1.29 is 57.1 Å². The molecule has 0 radical (unpaired) electrons. The Morgan fingerprint density at radius 2 is 1.69 bits per heavy atom. The van der Waals surface area contributed by atoms with Gasteiger partial charge in [-0.05, 0) is 66.6 Å². The number of nitrogens with zero attached hydrogens (tertiary/aromatic N) is 1. The Kier molecular flexibility index (Phi) is 13.1. The van der Waals surface area contributed by atoms with E-state index >= 15 is 0 Å². The smallest absolute Gasteiger partial charge is 0.408 e. The zero-order valence-electron chi connectivity index (χ0n) is 32.5. The number of hydrogen-bond donors (Lipinski definition) is 2. The molecule has 294 valence electrons. The van der Waals surface area contributed by atoms with E-state index in [9.17, 15) is 24.0 Å². The van der Waals surface area contributed by atoms with Crippen molar-refractivity contribution in [3.8, 4) is 0 Å². The SMILES string of the molecule is C=C1CNC(=O)O[C@]2(C)C[C@@H](C)C(=O)[C@H](C)[C@H]3NC(=O)O[C@]3(C)[C@@H](CC)OC(=O)[C@H](C)[C@@H](OC1)[C@H](C)[C@H]2O[C@@H]1O[C@H](C)C[C@H](N(C)C)[C@H]1OC(C)=O. The molecule has 4 aliphatic heterocycles. The van der Waals surface area contributed by atoms with Crippen LogP contribution in [0, 0.1) is 23.7 Å². The van der Waals surface area contributed by atoms with Gasteiger partial charge in [-0.15, -0.1) is 0 Å². The lowest BCUT2D eigenvalue weighted by molar-refractivity contribution is -0.301. The third kappa shape index (κ3) is 8.74. The average molecular weight is 738 g/mol. The van der Waals surface area contributed by atoms with Gasteiger partial charge in [0.25, 0.3) is 0 Å². The van der Waals surface area contributed by atoms with Crippen LogP contribution in [0.3, 0.4) is 0 Å². The van der Waals surface area contributed by atoms with Gasteiger partial charge in [0.15, 0.2) is 18.0 Å². The van der Waals surface area contributed by atoms with Crippen molar-refractivity contribution in [3.05, 3.63) is 12.2 Å². The Balaban J connectivity index is 1.92. The number of carbonyl (C=O) groups excluding carboxylic acids is 5. The van der Waals surface area contributed by atoms with E-state index in [1.165, 1.54) is 6.92 Å². The highest BCUT2D eigenvalue weighted by molar-refractivity contribution is 5.85. The van der Waals surface area contributed by atoms with Gasteiger partial charge in [-0.1, -0.05) is 34.3 Å². The van der Waals surface area contributed by atoms with Gasteiger partial charge in [0, 0.05) is 31.2 Å². The second-order valence-electron chi connectivity index (χ2n) is 15.8. The van der Waals surface area contributed by atoms with Crippen molar-refractivity contribution in [2.45, 2.75) is 142 Å². The molecule has 4 fully saturated rings. The molecule has 4 saturated heterocycles. The van der Waals surface area contributed by atoms with Crippen LogP contribution in [0.25, 0.3) is 0 Å². The highest BCUT2D eigenvalue weighted by atomic mass is 16.7. The number of fused-ring (bicyclic) bond motifs is 4. The number of ketones is 1. The monoisotopic (exact) mass is 737 g/mol. The molecule has 0 aliphatic carbocycles. The van der Waals surface area contributed by atoms with Crippen LogP contribution in [0.15, 0.2) is 12.2 Å². The summed E-state index contributed by atoms with van der Waals surface area (Å²) in [5.41, 5.74) is -2.42. The second kappa shape index (κ2) is 16.4. The molecule has 0 aromatic heterocycles. The third-order valence-electron chi connectivity index (χ3n) is 11.2. The van der Waals surface area contributed by atoms with Gasteiger partial charge in [0.2, 0.25) is 0 Å². The van der Waals surface area contributed by atoms with E-state index in [-0.39, 0.29) is 37.5 Å². The highest BCUT2D eigenvalue weighted by Crippen LogP contribution is 2.42. The fraction of sp³-hybridized carbons (Fsp3) is 0.811. The Bertz CT molecular complexity index is 1370. The van der Waals surface area contributed by atoms with Crippen LogP contribution >= 0.6 is 0 Å². The van der Waals surface area contributed by atoms with Gasteiger partial charge >= 0.3 is 24.1 Å². The Hall–Kier alpha value is -3.27. The number of carbonyl (C=O) groups is 5. The number of cyclic esters (lactones) is 1. The molecule has 0 saturated carbocycles. The first-order valence-electron chi connectivity index (χ1n) is 18.4. The van der Waals surface area contributed by atoms with Gasteiger partial charge in [0.1, 0.15) is 23.6 Å². The first-order chi connectivity index (χ1) is 24.2. The van der Waals surface area contributed by atoms with E-state index < -0.39 is 95.7 Å². The van der Waals surface area contributed by atoms with E-state index in [1.54, 1.807) is 34.6 Å². The Morgan fingerprint density at radius 1 is 1.02 bits per heavy atom. The van der Waals surface area contributed by atoms with Crippen LogP contribution in [-0.2, 0) is 47.5 Å². The number of likely N-dealkylation sites (N-methyl/N-ethyl adjacent to an activating group) is 1. The van der Waals surface area contributed by atoms with Crippen LogP contribution < -0.4 is 10.6 Å². The van der Waals surface area contributed by atoms with Crippen molar-refractivity contribution in [1.29, 1.82) is 0 Å². The number of esters is 2.